The van der Waals surface area contributed by atoms with Crippen LogP contribution < -0.4 is 10.9 Å². The number of aromatic nitrogens is 4. The van der Waals surface area contributed by atoms with Crippen LogP contribution in [0.1, 0.15) is 21.5 Å². The number of pyridine rings is 1. The van der Waals surface area contributed by atoms with Crippen molar-refractivity contribution in [1.82, 2.24) is 19.3 Å². The normalized spacial score (nSPS) is 10.7. The molecule has 2 heterocycles. The summed E-state index contributed by atoms with van der Waals surface area (Å²) < 4.78 is 4.13. The monoisotopic (exact) mass is 463 g/mol. The van der Waals surface area contributed by atoms with E-state index >= 15 is 0 Å². The number of benzene rings is 2. The molecule has 0 aliphatic rings. The van der Waals surface area contributed by atoms with E-state index in [1.54, 1.807) is 16.9 Å². The lowest BCUT2D eigenvalue weighted by atomic mass is 10.2. The van der Waals surface area contributed by atoms with Crippen molar-refractivity contribution in [2.24, 2.45) is 0 Å². The van der Waals surface area contributed by atoms with E-state index in [4.69, 9.17) is 0 Å². The number of nitrogens with one attached hydrogen (secondary N) is 1. The summed E-state index contributed by atoms with van der Waals surface area (Å²) in [6.45, 7) is 0.909. The molecule has 1 amide bonds. The second-order valence-electron chi connectivity index (χ2n) is 6.69. The number of anilines is 1. The third kappa shape index (κ3) is 4.72. The molecule has 2 aromatic carbocycles. The number of carbonyl (C=O) groups excluding carboxylic acids is 1. The Morgan fingerprint density at radius 2 is 1.67 bits per heavy atom. The molecule has 4 rings (SSSR count). The molecule has 0 saturated carbocycles. The minimum Gasteiger partial charge on any atom is -0.310 e. The van der Waals surface area contributed by atoms with Gasteiger partial charge >= 0.3 is 0 Å². The fourth-order valence-electron chi connectivity index (χ4n) is 2.99. The van der Waals surface area contributed by atoms with E-state index in [2.05, 4.69) is 31.3 Å². The number of nitrogens with zero attached hydrogens (tertiary/aromatic N) is 4. The summed E-state index contributed by atoms with van der Waals surface area (Å²) in [7, 11) is 0. The molecule has 0 fully saturated rings. The Kier molecular flexibility index (Phi) is 5.85. The topological polar surface area (TPSA) is 81.8 Å². The predicted molar refractivity (Wildman–Crippen MR) is 117 cm³/mol. The number of halogens is 1. The van der Waals surface area contributed by atoms with Crippen molar-refractivity contribution in [1.29, 1.82) is 0 Å². The van der Waals surface area contributed by atoms with Gasteiger partial charge in [0, 0.05) is 10.7 Å². The van der Waals surface area contributed by atoms with E-state index in [9.17, 15) is 9.59 Å². The molecule has 7 nitrogen and oxygen atoms in total. The number of amides is 1. The summed E-state index contributed by atoms with van der Waals surface area (Å²) in [5, 5.41) is 6.87. The average molecular weight is 464 g/mol. The first kappa shape index (κ1) is 19.8. The highest BCUT2D eigenvalue weighted by atomic mass is 79.9. The third-order valence-corrected chi connectivity index (χ3v) is 5.01. The van der Waals surface area contributed by atoms with Gasteiger partial charge in [-0.05, 0) is 35.4 Å². The quantitative estimate of drug-likeness (QED) is 0.473. The summed E-state index contributed by atoms with van der Waals surface area (Å²) in [5.41, 5.74) is 1.70. The Morgan fingerprint density at radius 3 is 2.43 bits per heavy atom. The largest absolute Gasteiger partial charge is 0.310 e. The van der Waals surface area contributed by atoms with Gasteiger partial charge in [-0.1, -0.05) is 58.4 Å². The molecule has 0 spiro atoms. The molecule has 0 bridgehead atoms. The van der Waals surface area contributed by atoms with Gasteiger partial charge in [-0.2, -0.15) is 0 Å². The highest BCUT2D eigenvalue weighted by molar-refractivity contribution is 9.10. The highest BCUT2D eigenvalue weighted by Gasteiger charge is 2.14. The van der Waals surface area contributed by atoms with Gasteiger partial charge in [-0.25, -0.2) is 9.67 Å². The van der Waals surface area contributed by atoms with Crippen molar-refractivity contribution in [3.8, 4) is 0 Å². The Hall–Kier alpha value is -3.52. The molecule has 150 valence electrons. The molecular formula is C22H18BrN5O2. The zero-order valence-electron chi connectivity index (χ0n) is 15.9. The van der Waals surface area contributed by atoms with Gasteiger partial charge in [0.05, 0.1) is 13.1 Å². The smallest absolute Gasteiger partial charge is 0.263 e. The Balaban J connectivity index is 1.46. The molecule has 0 unspecified atom stereocenters. The minimum absolute atomic E-state index is 0.0395. The van der Waals surface area contributed by atoms with Crippen LogP contribution in [0.4, 0.5) is 5.95 Å². The molecule has 2 aromatic heterocycles. The van der Waals surface area contributed by atoms with E-state index in [0.717, 1.165) is 15.6 Å². The maximum absolute atomic E-state index is 12.7. The lowest BCUT2D eigenvalue weighted by Gasteiger charge is -2.08. The van der Waals surface area contributed by atoms with Gasteiger partial charge in [0.2, 0.25) is 5.95 Å². The second kappa shape index (κ2) is 8.87. The molecule has 0 aliphatic carbocycles. The number of rotatable bonds is 6. The van der Waals surface area contributed by atoms with Gasteiger partial charge in [0.25, 0.3) is 11.5 Å². The number of hydrogen-bond acceptors (Lipinski definition) is 4. The molecule has 1 N–H and O–H groups in total. The summed E-state index contributed by atoms with van der Waals surface area (Å²) in [6.07, 6.45) is 3.20. The van der Waals surface area contributed by atoms with E-state index in [1.165, 1.54) is 17.0 Å². The Morgan fingerprint density at radius 1 is 0.933 bits per heavy atom. The van der Waals surface area contributed by atoms with Crippen LogP contribution in [0.25, 0.3) is 0 Å². The number of carbonyl (C=O) groups is 1. The van der Waals surface area contributed by atoms with Gasteiger partial charge in [-0.3, -0.25) is 14.9 Å². The Bertz CT molecular complexity index is 1220. The van der Waals surface area contributed by atoms with Gasteiger partial charge in [-0.15, -0.1) is 5.10 Å². The first-order valence-electron chi connectivity index (χ1n) is 9.27. The summed E-state index contributed by atoms with van der Waals surface area (Å²) >= 11 is 3.40. The molecule has 0 radical (unpaired) electrons. The molecule has 8 heteroatoms. The van der Waals surface area contributed by atoms with Crippen LogP contribution in [-0.2, 0) is 13.1 Å². The predicted octanol–water partition coefficient (Wildman–Crippen LogP) is 3.55. The molecule has 0 saturated heterocycles. The highest BCUT2D eigenvalue weighted by Crippen LogP contribution is 2.11. The van der Waals surface area contributed by atoms with Crippen LogP contribution in [0, 0.1) is 0 Å². The SMILES string of the molecule is O=C(Nc1ncn(Cc2ccc(Br)cc2)n1)c1cccn(Cc2ccccc2)c1=O. The van der Waals surface area contributed by atoms with Gasteiger partial charge in [0.15, 0.2) is 0 Å². The first-order chi connectivity index (χ1) is 14.6. The van der Waals surface area contributed by atoms with Crippen molar-refractivity contribution >= 4 is 27.8 Å². The molecule has 0 aliphatic heterocycles. The molecule has 30 heavy (non-hydrogen) atoms. The first-order valence-corrected chi connectivity index (χ1v) is 10.1. The summed E-state index contributed by atoms with van der Waals surface area (Å²) in [5.74, 6) is -0.390. The van der Waals surface area contributed by atoms with Gasteiger partial charge < -0.3 is 4.57 Å². The van der Waals surface area contributed by atoms with Crippen LogP contribution in [-0.4, -0.2) is 25.2 Å². The van der Waals surface area contributed by atoms with E-state index in [-0.39, 0.29) is 17.1 Å². The fourth-order valence-corrected chi connectivity index (χ4v) is 3.25. The van der Waals surface area contributed by atoms with E-state index in [1.807, 2.05) is 54.6 Å². The van der Waals surface area contributed by atoms with Crippen LogP contribution in [0.15, 0.2) is 88.5 Å². The van der Waals surface area contributed by atoms with Crippen molar-refractivity contribution in [2.75, 3.05) is 5.32 Å². The lowest BCUT2D eigenvalue weighted by molar-refractivity contribution is 0.102. The maximum atomic E-state index is 12.7. The van der Waals surface area contributed by atoms with Crippen LogP contribution >= 0.6 is 15.9 Å². The zero-order chi connectivity index (χ0) is 20.9. The lowest BCUT2D eigenvalue weighted by Crippen LogP contribution is -2.29. The van der Waals surface area contributed by atoms with E-state index in [0.29, 0.717) is 13.1 Å². The standard InChI is InChI=1S/C22H18BrN5O2/c23-18-10-8-17(9-11-18)14-28-15-24-22(26-28)25-20(29)19-7-4-12-27(21(19)30)13-16-5-2-1-3-6-16/h1-12,15H,13-14H2,(H,25,26,29). The maximum Gasteiger partial charge on any atom is 0.263 e. The Labute approximate surface area is 181 Å². The molecule has 4 aromatic rings. The van der Waals surface area contributed by atoms with Crippen molar-refractivity contribution in [3.05, 3.63) is 111 Å². The third-order valence-electron chi connectivity index (χ3n) is 4.48. The van der Waals surface area contributed by atoms with Gasteiger partial charge in [0.1, 0.15) is 11.9 Å². The summed E-state index contributed by atoms with van der Waals surface area (Å²) in [4.78, 5) is 29.5. The van der Waals surface area contributed by atoms with Crippen molar-refractivity contribution < 1.29 is 4.79 Å². The molecule has 0 atom stereocenters. The van der Waals surface area contributed by atoms with E-state index < -0.39 is 5.91 Å². The number of hydrogen-bond donors (Lipinski definition) is 1. The van der Waals surface area contributed by atoms with Crippen molar-refractivity contribution in [3.63, 3.8) is 0 Å². The van der Waals surface area contributed by atoms with Crippen LogP contribution in [0.3, 0.4) is 0 Å². The fraction of sp³-hybridized carbons (Fsp3) is 0.0909. The second-order valence-corrected chi connectivity index (χ2v) is 7.60. The van der Waals surface area contributed by atoms with Crippen LogP contribution in [0.2, 0.25) is 0 Å². The zero-order valence-corrected chi connectivity index (χ0v) is 17.5. The average Bonchev–Trinajstić information content (AvgIpc) is 3.18. The minimum atomic E-state index is -0.538. The summed E-state index contributed by atoms with van der Waals surface area (Å²) in [6, 6.07) is 20.6. The van der Waals surface area contributed by atoms with Crippen molar-refractivity contribution in [2.45, 2.75) is 13.1 Å². The molecular weight excluding hydrogens is 446 g/mol. The van der Waals surface area contributed by atoms with Crippen LogP contribution in [0.5, 0.6) is 0 Å².